The van der Waals surface area contributed by atoms with Crippen LogP contribution in [0.15, 0.2) is 18.2 Å². The van der Waals surface area contributed by atoms with Gasteiger partial charge in [0, 0.05) is 25.7 Å². The van der Waals surface area contributed by atoms with Gasteiger partial charge < -0.3 is 10.5 Å². The summed E-state index contributed by atoms with van der Waals surface area (Å²) in [7, 11) is 2.04. The third-order valence-electron chi connectivity index (χ3n) is 3.73. The maximum Gasteiger partial charge on any atom is 0.0640 e. The lowest BCUT2D eigenvalue weighted by Gasteiger charge is -2.28. The van der Waals surface area contributed by atoms with Crippen molar-refractivity contribution in [3.8, 4) is 0 Å². The zero-order valence-corrected chi connectivity index (χ0v) is 13.3. The molecule has 1 aromatic rings. The fourth-order valence-electron chi connectivity index (χ4n) is 2.22. The van der Waals surface area contributed by atoms with Gasteiger partial charge in [-0.05, 0) is 37.4 Å². The highest BCUT2D eigenvalue weighted by molar-refractivity contribution is 6.42. The van der Waals surface area contributed by atoms with Gasteiger partial charge in [0.25, 0.3) is 0 Å². The van der Waals surface area contributed by atoms with Crippen LogP contribution in [0.1, 0.15) is 24.4 Å². The monoisotopic (exact) mass is 316 g/mol. The van der Waals surface area contributed by atoms with Crippen molar-refractivity contribution in [2.45, 2.75) is 18.9 Å². The van der Waals surface area contributed by atoms with Crippen molar-refractivity contribution in [1.29, 1.82) is 0 Å². The minimum absolute atomic E-state index is 0.0609. The molecule has 1 aliphatic rings. The summed E-state index contributed by atoms with van der Waals surface area (Å²) in [6.45, 7) is 2.94. The van der Waals surface area contributed by atoms with Crippen molar-refractivity contribution >= 4 is 23.2 Å². The third-order valence-corrected chi connectivity index (χ3v) is 4.57. The minimum atomic E-state index is 0.0609. The zero-order valence-electron chi connectivity index (χ0n) is 11.8. The maximum atomic E-state index is 6.28. The van der Waals surface area contributed by atoms with Gasteiger partial charge >= 0.3 is 0 Å². The number of nitrogens with two attached hydrogens (primary N) is 1. The van der Waals surface area contributed by atoms with E-state index in [0.717, 1.165) is 31.2 Å². The number of likely N-dealkylation sites (N-methyl/N-ethyl adjacent to an activating group) is 1. The fraction of sp³-hybridized carbons (Fsp3) is 0.600. The van der Waals surface area contributed by atoms with Crippen molar-refractivity contribution < 1.29 is 4.74 Å². The molecule has 1 aromatic carbocycles. The molecule has 1 saturated carbocycles. The van der Waals surface area contributed by atoms with E-state index >= 15 is 0 Å². The van der Waals surface area contributed by atoms with E-state index in [1.54, 1.807) is 6.07 Å². The highest BCUT2D eigenvalue weighted by Gasteiger charge is 2.22. The van der Waals surface area contributed by atoms with Crippen LogP contribution in [0.2, 0.25) is 10.0 Å². The van der Waals surface area contributed by atoms with Gasteiger partial charge in [0.2, 0.25) is 0 Å². The van der Waals surface area contributed by atoms with Crippen LogP contribution in [-0.4, -0.2) is 38.3 Å². The van der Waals surface area contributed by atoms with Gasteiger partial charge in [0.1, 0.15) is 0 Å². The zero-order chi connectivity index (χ0) is 14.5. The summed E-state index contributed by atoms with van der Waals surface area (Å²) >= 11 is 12.3. The highest BCUT2D eigenvalue weighted by atomic mass is 35.5. The number of benzene rings is 1. The van der Waals surface area contributed by atoms with Crippen LogP contribution in [0.5, 0.6) is 0 Å². The summed E-state index contributed by atoms with van der Waals surface area (Å²) in [5, 5.41) is 1.16. The lowest BCUT2D eigenvalue weighted by Crippen LogP contribution is -2.33. The predicted molar refractivity (Wildman–Crippen MR) is 84.4 cm³/mol. The molecule has 20 heavy (non-hydrogen) atoms. The lowest BCUT2D eigenvalue weighted by atomic mass is 10.1. The van der Waals surface area contributed by atoms with Crippen molar-refractivity contribution in [3.63, 3.8) is 0 Å². The van der Waals surface area contributed by atoms with Gasteiger partial charge in [-0.25, -0.2) is 0 Å². The molecule has 0 radical (unpaired) electrons. The Hall–Kier alpha value is -0.320. The Labute approximate surface area is 131 Å². The molecule has 1 unspecified atom stereocenters. The molecule has 1 fully saturated rings. The van der Waals surface area contributed by atoms with Crippen LogP contribution in [0.3, 0.4) is 0 Å². The van der Waals surface area contributed by atoms with Crippen molar-refractivity contribution in [2.75, 3.05) is 33.4 Å². The van der Waals surface area contributed by atoms with Crippen LogP contribution in [0, 0.1) is 5.92 Å². The topological polar surface area (TPSA) is 38.5 Å². The van der Waals surface area contributed by atoms with Crippen molar-refractivity contribution in [2.24, 2.45) is 11.7 Å². The quantitative estimate of drug-likeness (QED) is 0.747. The molecule has 0 aromatic heterocycles. The second kappa shape index (κ2) is 7.62. The molecule has 0 saturated heterocycles. The van der Waals surface area contributed by atoms with Gasteiger partial charge in [-0.3, -0.25) is 4.90 Å². The van der Waals surface area contributed by atoms with E-state index in [0.29, 0.717) is 16.6 Å². The standard InChI is InChI=1S/C15H22Cl2N2O/c1-19(7-8-20-10-11-5-6-11)14(9-18)12-3-2-4-13(16)15(12)17/h2-4,11,14H,5-10,18H2,1H3. The number of halogens is 2. The molecule has 112 valence electrons. The average Bonchev–Trinajstić information content (AvgIpc) is 3.24. The molecule has 1 atom stereocenters. The Morgan fingerprint density at radius 1 is 1.40 bits per heavy atom. The van der Waals surface area contributed by atoms with Gasteiger partial charge in [0.05, 0.1) is 16.7 Å². The summed E-state index contributed by atoms with van der Waals surface area (Å²) in [6.07, 6.45) is 2.64. The first-order valence-corrected chi connectivity index (χ1v) is 7.81. The molecule has 3 nitrogen and oxygen atoms in total. The van der Waals surface area contributed by atoms with Crippen molar-refractivity contribution in [3.05, 3.63) is 33.8 Å². The fourth-order valence-corrected chi connectivity index (χ4v) is 2.65. The van der Waals surface area contributed by atoms with E-state index < -0.39 is 0 Å². The number of hydrogen-bond acceptors (Lipinski definition) is 3. The van der Waals surface area contributed by atoms with Gasteiger partial charge in [-0.2, -0.15) is 0 Å². The first-order chi connectivity index (χ1) is 9.63. The molecule has 2 rings (SSSR count). The third kappa shape index (κ3) is 4.34. The average molecular weight is 317 g/mol. The van der Waals surface area contributed by atoms with Crippen LogP contribution >= 0.6 is 23.2 Å². The summed E-state index contributed by atoms with van der Waals surface area (Å²) in [5.41, 5.74) is 6.88. The van der Waals surface area contributed by atoms with Gasteiger partial charge in [-0.1, -0.05) is 35.3 Å². The van der Waals surface area contributed by atoms with Gasteiger partial charge in [0.15, 0.2) is 0 Å². The Morgan fingerprint density at radius 2 is 2.15 bits per heavy atom. The largest absolute Gasteiger partial charge is 0.380 e. The Bertz CT molecular complexity index is 438. The van der Waals surface area contributed by atoms with Crippen LogP contribution < -0.4 is 5.73 Å². The molecule has 5 heteroatoms. The second-order valence-corrected chi connectivity index (χ2v) is 6.18. The maximum absolute atomic E-state index is 6.28. The normalized spacial score (nSPS) is 16.6. The van der Waals surface area contributed by atoms with Crippen molar-refractivity contribution in [1.82, 2.24) is 4.90 Å². The highest BCUT2D eigenvalue weighted by Crippen LogP contribution is 2.32. The number of ether oxygens (including phenoxy) is 1. The number of rotatable bonds is 8. The summed E-state index contributed by atoms with van der Waals surface area (Å²) in [6, 6.07) is 5.74. The summed E-state index contributed by atoms with van der Waals surface area (Å²) < 4.78 is 5.67. The number of hydrogen-bond donors (Lipinski definition) is 1. The Balaban J connectivity index is 1.90. The molecule has 2 N–H and O–H groups in total. The van der Waals surface area contributed by atoms with E-state index in [2.05, 4.69) is 4.90 Å². The summed E-state index contributed by atoms with van der Waals surface area (Å²) in [5.74, 6) is 0.799. The molecule has 0 bridgehead atoms. The first kappa shape index (κ1) is 16.1. The second-order valence-electron chi connectivity index (χ2n) is 5.39. The molecule has 0 spiro atoms. The minimum Gasteiger partial charge on any atom is -0.380 e. The summed E-state index contributed by atoms with van der Waals surface area (Å²) in [4.78, 5) is 2.17. The van der Waals surface area contributed by atoms with Crippen LogP contribution in [0.25, 0.3) is 0 Å². The SMILES string of the molecule is CN(CCOCC1CC1)C(CN)c1cccc(Cl)c1Cl. The predicted octanol–water partition coefficient (Wildman–Crippen LogP) is 3.35. The van der Waals surface area contributed by atoms with Crippen LogP contribution in [-0.2, 0) is 4.74 Å². The van der Waals surface area contributed by atoms with E-state index in [1.165, 1.54) is 12.8 Å². The molecular formula is C15H22Cl2N2O. The van der Waals surface area contributed by atoms with Crippen LogP contribution in [0.4, 0.5) is 0 Å². The lowest BCUT2D eigenvalue weighted by molar-refractivity contribution is 0.0923. The first-order valence-electron chi connectivity index (χ1n) is 7.05. The molecule has 0 heterocycles. The number of nitrogens with zero attached hydrogens (tertiary/aromatic N) is 1. The van der Waals surface area contributed by atoms with E-state index in [4.69, 9.17) is 33.7 Å². The molecular weight excluding hydrogens is 295 g/mol. The van der Waals surface area contributed by atoms with E-state index in [-0.39, 0.29) is 6.04 Å². The molecule has 1 aliphatic carbocycles. The van der Waals surface area contributed by atoms with E-state index in [1.807, 2.05) is 19.2 Å². The van der Waals surface area contributed by atoms with E-state index in [9.17, 15) is 0 Å². The Morgan fingerprint density at radius 3 is 2.80 bits per heavy atom. The smallest absolute Gasteiger partial charge is 0.0640 e. The molecule has 0 aliphatic heterocycles. The molecule has 0 amide bonds. The Kier molecular flexibility index (Phi) is 6.12. The van der Waals surface area contributed by atoms with Gasteiger partial charge in [-0.15, -0.1) is 0 Å².